The summed E-state index contributed by atoms with van der Waals surface area (Å²) in [5.74, 6) is -0.578. The standard InChI is InChI=1S/C15H19NO4/c1-20-15(19)12-10-7-11(14(18)13(10)17)16(12)8-9-5-3-2-4-6-9/h2-6,10-14,17-18H,7-8H2,1H3/t10-,11-,12-,13-,14+/m0/s1. The van der Waals surface area contributed by atoms with Crippen LogP contribution in [-0.4, -0.2) is 52.5 Å². The molecule has 2 bridgehead atoms. The van der Waals surface area contributed by atoms with Gasteiger partial charge in [0.05, 0.1) is 19.3 Å². The van der Waals surface area contributed by atoms with E-state index in [-0.39, 0.29) is 17.9 Å². The lowest BCUT2D eigenvalue weighted by Gasteiger charge is -2.38. The van der Waals surface area contributed by atoms with Gasteiger partial charge in [-0.25, -0.2) is 0 Å². The van der Waals surface area contributed by atoms with Gasteiger partial charge >= 0.3 is 5.97 Å². The van der Waals surface area contributed by atoms with Crippen LogP contribution >= 0.6 is 0 Å². The van der Waals surface area contributed by atoms with Crippen LogP contribution in [0.25, 0.3) is 0 Å². The number of aliphatic hydroxyl groups is 2. The molecule has 2 N–H and O–H groups in total. The van der Waals surface area contributed by atoms with Gasteiger partial charge in [0.25, 0.3) is 0 Å². The summed E-state index contributed by atoms with van der Waals surface area (Å²) >= 11 is 0. The van der Waals surface area contributed by atoms with E-state index >= 15 is 0 Å². The van der Waals surface area contributed by atoms with Crippen LogP contribution in [0.3, 0.4) is 0 Å². The molecular formula is C15H19NO4. The van der Waals surface area contributed by atoms with Crippen LogP contribution in [0.1, 0.15) is 12.0 Å². The molecule has 2 aliphatic rings. The fourth-order valence-electron chi connectivity index (χ4n) is 3.58. The Bertz CT molecular complexity index is 492. The maximum atomic E-state index is 12.0. The lowest BCUT2D eigenvalue weighted by molar-refractivity contribution is -0.156. The molecule has 20 heavy (non-hydrogen) atoms. The Balaban J connectivity index is 1.85. The number of hydrogen-bond donors (Lipinski definition) is 2. The molecule has 1 aromatic carbocycles. The van der Waals surface area contributed by atoms with Gasteiger partial charge in [0, 0.05) is 18.5 Å². The average molecular weight is 277 g/mol. The molecule has 1 saturated heterocycles. The van der Waals surface area contributed by atoms with Crippen molar-refractivity contribution in [1.29, 1.82) is 0 Å². The largest absolute Gasteiger partial charge is 0.468 e. The van der Waals surface area contributed by atoms with Crippen molar-refractivity contribution in [3.05, 3.63) is 35.9 Å². The molecule has 0 unspecified atom stereocenters. The molecule has 0 radical (unpaired) electrons. The van der Waals surface area contributed by atoms with Gasteiger partial charge in [-0.05, 0) is 12.0 Å². The highest BCUT2D eigenvalue weighted by molar-refractivity contribution is 5.77. The third kappa shape index (κ3) is 2.02. The first-order chi connectivity index (χ1) is 9.63. The molecule has 0 aromatic heterocycles. The number of carbonyl (C=O) groups excluding carboxylic acids is 1. The Hall–Kier alpha value is -1.43. The number of benzene rings is 1. The van der Waals surface area contributed by atoms with Gasteiger partial charge in [-0.3, -0.25) is 9.69 Å². The second-order valence-corrected chi connectivity index (χ2v) is 5.57. The summed E-state index contributed by atoms with van der Waals surface area (Å²) in [6.45, 7) is 0.575. The Labute approximate surface area is 117 Å². The molecule has 5 nitrogen and oxygen atoms in total. The average Bonchev–Trinajstić information content (AvgIpc) is 2.97. The summed E-state index contributed by atoms with van der Waals surface area (Å²) in [6.07, 6.45) is -0.990. The van der Waals surface area contributed by atoms with Crippen molar-refractivity contribution in [2.45, 2.75) is 37.3 Å². The van der Waals surface area contributed by atoms with Gasteiger partial charge < -0.3 is 14.9 Å². The molecule has 0 amide bonds. The van der Waals surface area contributed by atoms with Crippen molar-refractivity contribution in [2.24, 2.45) is 5.92 Å². The Morgan fingerprint density at radius 1 is 1.30 bits per heavy atom. The van der Waals surface area contributed by atoms with E-state index in [1.165, 1.54) is 7.11 Å². The normalized spacial score (nSPS) is 36.2. The Morgan fingerprint density at radius 2 is 2.00 bits per heavy atom. The zero-order valence-corrected chi connectivity index (χ0v) is 11.3. The molecule has 5 atom stereocenters. The Kier molecular flexibility index (Phi) is 3.50. The van der Waals surface area contributed by atoms with Crippen LogP contribution < -0.4 is 0 Å². The quantitative estimate of drug-likeness (QED) is 0.770. The predicted molar refractivity (Wildman–Crippen MR) is 71.7 cm³/mol. The van der Waals surface area contributed by atoms with E-state index in [4.69, 9.17) is 4.74 Å². The summed E-state index contributed by atoms with van der Waals surface area (Å²) in [5, 5.41) is 20.1. The third-order valence-electron chi connectivity index (χ3n) is 4.54. The van der Waals surface area contributed by atoms with E-state index in [9.17, 15) is 15.0 Å². The number of carbonyl (C=O) groups is 1. The van der Waals surface area contributed by atoms with Crippen LogP contribution in [0.4, 0.5) is 0 Å². The second-order valence-electron chi connectivity index (χ2n) is 5.57. The summed E-state index contributed by atoms with van der Waals surface area (Å²) in [5.41, 5.74) is 1.08. The minimum Gasteiger partial charge on any atom is -0.468 e. The maximum Gasteiger partial charge on any atom is 0.323 e. The smallest absolute Gasteiger partial charge is 0.323 e. The molecular weight excluding hydrogens is 258 g/mol. The number of rotatable bonds is 3. The molecule has 5 heteroatoms. The number of methoxy groups -OCH3 is 1. The van der Waals surface area contributed by atoms with E-state index < -0.39 is 18.2 Å². The van der Waals surface area contributed by atoms with E-state index in [0.29, 0.717) is 13.0 Å². The second kappa shape index (κ2) is 5.16. The topological polar surface area (TPSA) is 70.0 Å². The minimum atomic E-state index is -0.837. The number of hydrogen-bond acceptors (Lipinski definition) is 5. The third-order valence-corrected chi connectivity index (χ3v) is 4.54. The molecule has 1 saturated carbocycles. The summed E-state index contributed by atoms with van der Waals surface area (Å²) in [7, 11) is 1.36. The highest BCUT2D eigenvalue weighted by Gasteiger charge is 2.58. The summed E-state index contributed by atoms with van der Waals surface area (Å²) < 4.78 is 4.86. The van der Waals surface area contributed by atoms with Gasteiger partial charge in [0.15, 0.2) is 0 Å². The monoisotopic (exact) mass is 277 g/mol. The van der Waals surface area contributed by atoms with Crippen LogP contribution in [-0.2, 0) is 16.1 Å². The summed E-state index contributed by atoms with van der Waals surface area (Å²) in [6, 6.07) is 9.16. The van der Waals surface area contributed by atoms with Crippen molar-refractivity contribution in [1.82, 2.24) is 4.90 Å². The summed E-state index contributed by atoms with van der Waals surface area (Å²) in [4.78, 5) is 14.0. The van der Waals surface area contributed by atoms with E-state index in [1.54, 1.807) is 0 Å². The molecule has 1 aromatic rings. The van der Waals surface area contributed by atoms with E-state index in [0.717, 1.165) is 5.56 Å². The lowest BCUT2D eigenvalue weighted by Crippen LogP contribution is -2.56. The lowest BCUT2D eigenvalue weighted by atomic mass is 9.94. The molecule has 1 aliphatic carbocycles. The van der Waals surface area contributed by atoms with Crippen LogP contribution in [0.5, 0.6) is 0 Å². The maximum absolute atomic E-state index is 12.0. The van der Waals surface area contributed by atoms with Gasteiger partial charge in [-0.15, -0.1) is 0 Å². The highest BCUT2D eigenvalue weighted by atomic mass is 16.5. The number of nitrogens with zero attached hydrogens (tertiary/aromatic N) is 1. The van der Waals surface area contributed by atoms with Crippen molar-refractivity contribution < 1.29 is 19.7 Å². The highest BCUT2D eigenvalue weighted by Crippen LogP contribution is 2.43. The van der Waals surface area contributed by atoms with Gasteiger partial charge in [0.2, 0.25) is 0 Å². The Morgan fingerprint density at radius 3 is 2.65 bits per heavy atom. The first kappa shape index (κ1) is 13.5. The number of esters is 1. The fourth-order valence-corrected chi connectivity index (χ4v) is 3.58. The van der Waals surface area contributed by atoms with E-state index in [2.05, 4.69) is 0 Å². The fraction of sp³-hybridized carbons (Fsp3) is 0.533. The van der Waals surface area contributed by atoms with Crippen LogP contribution in [0.15, 0.2) is 30.3 Å². The number of piperidine rings is 1. The number of likely N-dealkylation sites (tertiary alicyclic amines) is 1. The van der Waals surface area contributed by atoms with Crippen molar-refractivity contribution >= 4 is 5.97 Å². The number of ether oxygens (including phenoxy) is 1. The number of aliphatic hydroxyl groups excluding tert-OH is 2. The van der Waals surface area contributed by atoms with Crippen molar-refractivity contribution in [3.63, 3.8) is 0 Å². The van der Waals surface area contributed by atoms with Crippen molar-refractivity contribution in [2.75, 3.05) is 7.11 Å². The zero-order valence-electron chi connectivity index (χ0n) is 11.3. The van der Waals surface area contributed by atoms with E-state index in [1.807, 2.05) is 35.2 Å². The molecule has 1 heterocycles. The molecule has 0 spiro atoms. The molecule has 2 fully saturated rings. The van der Waals surface area contributed by atoms with Gasteiger partial charge in [-0.1, -0.05) is 30.3 Å². The molecule has 108 valence electrons. The van der Waals surface area contributed by atoms with Crippen molar-refractivity contribution in [3.8, 4) is 0 Å². The SMILES string of the molecule is COC(=O)[C@@H]1[C@@H]2C[C@@H]([C@@H](O)[C@H]2O)N1Cc1ccccc1. The molecule has 3 rings (SSSR count). The predicted octanol–water partition coefficient (Wildman–Crippen LogP) is 0.154. The van der Waals surface area contributed by atoms with Gasteiger partial charge in [0.1, 0.15) is 6.04 Å². The van der Waals surface area contributed by atoms with Gasteiger partial charge in [-0.2, -0.15) is 0 Å². The minimum absolute atomic E-state index is 0.181. The first-order valence-electron chi connectivity index (χ1n) is 6.87. The number of fused-ring (bicyclic) bond motifs is 2. The van der Waals surface area contributed by atoms with Crippen LogP contribution in [0, 0.1) is 5.92 Å². The first-order valence-corrected chi connectivity index (χ1v) is 6.87. The van der Waals surface area contributed by atoms with Crippen LogP contribution in [0.2, 0.25) is 0 Å². The molecule has 1 aliphatic heterocycles. The zero-order chi connectivity index (χ0) is 14.3.